The fourth-order valence-electron chi connectivity index (χ4n) is 2.61. The zero-order chi connectivity index (χ0) is 11.8. The van der Waals surface area contributed by atoms with Crippen molar-refractivity contribution in [3.8, 4) is 0 Å². The van der Waals surface area contributed by atoms with E-state index in [1.807, 2.05) is 13.8 Å². The van der Waals surface area contributed by atoms with Gasteiger partial charge in [0.15, 0.2) is 0 Å². The second kappa shape index (κ2) is 4.07. The average Bonchev–Trinajstić information content (AvgIpc) is 2.62. The summed E-state index contributed by atoms with van der Waals surface area (Å²) in [6.07, 6.45) is 6.51. The van der Waals surface area contributed by atoms with Gasteiger partial charge in [0.25, 0.3) is 0 Å². The SMILES string of the molecule is CC1(C)[C@H](C=NOC2CCCC2)[C@H]1C(=O)O. The first-order chi connectivity index (χ1) is 7.53. The number of hydrogen-bond acceptors (Lipinski definition) is 3. The van der Waals surface area contributed by atoms with E-state index in [0.717, 1.165) is 12.8 Å². The standard InChI is InChI=1S/C12H19NO3/c1-12(2)9(10(12)11(14)15)7-13-16-8-5-3-4-6-8/h7-10H,3-6H2,1-2H3,(H,14,15)/t9-,10+/m1/s1. The topological polar surface area (TPSA) is 58.9 Å². The van der Waals surface area contributed by atoms with Gasteiger partial charge in [0.1, 0.15) is 6.10 Å². The van der Waals surface area contributed by atoms with Crippen LogP contribution in [0.15, 0.2) is 5.16 Å². The molecular weight excluding hydrogens is 206 g/mol. The third-order valence-corrected chi connectivity index (χ3v) is 3.91. The van der Waals surface area contributed by atoms with Crippen LogP contribution >= 0.6 is 0 Å². The van der Waals surface area contributed by atoms with E-state index >= 15 is 0 Å². The summed E-state index contributed by atoms with van der Waals surface area (Å²) < 4.78 is 0. The molecule has 2 aliphatic rings. The van der Waals surface area contributed by atoms with E-state index in [1.165, 1.54) is 12.8 Å². The molecule has 0 bridgehead atoms. The van der Waals surface area contributed by atoms with Gasteiger partial charge >= 0.3 is 5.97 Å². The average molecular weight is 225 g/mol. The largest absolute Gasteiger partial charge is 0.481 e. The predicted molar refractivity (Wildman–Crippen MR) is 60.2 cm³/mol. The minimum Gasteiger partial charge on any atom is -0.481 e. The smallest absolute Gasteiger partial charge is 0.307 e. The van der Waals surface area contributed by atoms with Crippen molar-refractivity contribution in [1.82, 2.24) is 0 Å². The van der Waals surface area contributed by atoms with Gasteiger partial charge in [-0.15, -0.1) is 0 Å². The Morgan fingerprint density at radius 3 is 2.56 bits per heavy atom. The quantitative estimate of drug-likeness (QED) is 0.590. The van der Waals surface area contributed by atoms with Gasteiger partial charge in [-0.05, 0) is 31.1 Å². The van der Waals surface area contributed by atoms with Crippen LogP contribution in [0.1, 0.15) is 39.5 Å². The van der Waals surface area contributed by atoms with E-state index in [4.69, 9.17) is 9.94 Å². The highest BCUT2D eigenvalue weighted by Gasteiger charge is 2.61. The number of carboxylic acids is 1. The molecule has 0 heterocycles. The number of hydrogen-bond donors (Lipinski definition) is 1. The molecule has 0 aromatic rings. The normalized spacial score (nSPS) is 33.1. The van der Waals surface area contributed by atoms with Crippen LogP contribution in [0.2, 0.25) is 0 Å². The minimum absolute atomic E-state index is 0.0198. The van der Waals surface area contributed by atoms with Crippen LogP contribution in [0, 0.1) is 17.3 Å². The summed E-state index contributed by atoms with van der Waals surface area (Å²) in [7, 11) is 0. The van der Waals surface area contributed by atoms with Gasteiger partial charge in [-0.2, -0.15) is 0 Å². The molecule has 0 unspecified atom stereocenters. The Labute approximate surface area is 95.7 Å². The lowest BCUT2D eigenvalue weighted by Crippen LogP contribution is -2.04. The van der Waals surface area contributed by atoms with E-state index in [9.17, 15) is 4.79 Å². The zero-order valence-electron chi connectivity index (χ0n) is 9.85. The summed E-state index contributed by atoms with van der Waals surface area (Å²) in [5, 5.41) is 12.9. The molecule has 0 saturated heterocycles. The first-order valence-electron chi connectivity index (χ1n) is 5.95. The van der Waals surface area contributed by atoms with Crippen molar-refractivity contribution in [2.45, 2.75) is 45.6 Å². The molecule has 2 saturated carbocycles. The predicted octanol–water partition coefficient (Wildman–Crippen LogP) is 2.29. The molecule has 90 valence electrons. The molecule has 0 radical (unpaired) electrons. The van der Waals surface area contributed by atoms with E-state index < -0.39 is 5.97 Å². The Bertz CT molecular complexity index is 305. The molecule has 0 spiro atoms. The van der Waals surface area contributed by atoms with Crippen molar-refractivity contribution in [1.29, 1.82) is 0 Å². The summed E-state index contributed by atoms with van der Waals surface area (Å²) >= 11 is 0. The molecule has 16 heavy (non-hydrogen) atoms. The number of aliphatic carboxylic acids is 1. The van der Waals surface area contributed by atoms with Crippen molar-refractivity contribution in [2.24, 2.45) is 22.4 Å². The van der Waals surface area contributed by atoms with Crippen LogP contribution in [0.3, 0.4) is 0 Å². The third kappa shape index (κ3) is 2.06. The van der Waals surface area contributed by atoms with Crippen molar-refractivity contribution in [3.05, 3.63) is 0 Å². The lowest BCUT2D eigenvalue weighted by atomic mass is 10.1. The summed E-state index contributed by atoms with van der Waals surface area (Å²) in [5.41, 5.74) is -0.172. The summed E-state index contributed by atoms with van der Waals surface area (Å²) in [6, 6.07) is 0. The van der Waals surface area contributed by atoms with E-state index in [-0.39, 0.29) is 23.4 Å². The number of carboxylic acid groups (broad SMARTS) is 1. The Morgan fingerprint density at radius 2 is 2.06 bits per heavy atom. The summed E-state index contributed by atoms with van der Waals surface area (Å²) in [6.45, 7) is 3.91. The molecule has 0 aromatic carbocycles. The Hall–Kier alpha value is -1.06. The van der Waals surface area contributed by atoms with Gasteiger partial charge in [-0.25, -0.2) is 0 Å². The molecule has 2 atom stereocenters. The monoisotopic (exact) mass is 225 g/mol. The second-order valence-corrected chi connectivity index (χ2v) is 5.43. The van der Waals surface area contributed by atoms with Crippen LogP contribution in [-0.4, -0.2) is 23.4 Å². The third-order valence-electron chi connectivity index (χ3n) is 3.91. The van der Waals surface area contributed by atoms with Gasteiger partial charge in [-0.3, -0.25) is 4.79 Å². The highest BCUT2D eigenvalue weighted by atomic mass is 16.6. The first-order valence-corrected chi connectivity index (χ1v) is 5.95. The van der Waals surface area contributed by atoms with Crippen molar-refractivity contribution < 1.29 is 14.7 Å². The molecule has 0 amide bonds. The Kier molecular flexibility index (Phi) is 2.91. The second-order valence-electron chi connectivity index (χ2n) is 5.43. The van der Waals surface area contributed by atoms with Gasteiger partial charge in [0.05, 0.1) is 5.92 Å². The fourth-order valence-corrected chi connectivity index (χ4v) is 2.61. The number of nitrogens with zero attached hydrogens (tertiary/aromatic N) is 1. The highest BCUT2D eigenvalue weighted by Crippen LogP contribution is 2.57. The maximum absolute atomic E-state index is 10.9. The lowest BCUT2D eigenvalue weighted by molar-refractivity contribution is -0.139. The number of carbonyl (C=O) groups is 1. The minimum atomic E-state index is -0.734. The van der Waals surface area contributed by atoms with E-state index in [1.54, 1.807) is 6.21 Å². The molecule has 0 aromatic heterocycles. The molecule has 2 aliphatic carbocycles. The van der Waals surface area contributed by atoms with Crippen LogP contribution in [0.25, 0.3) is 0 Å². The molecule has 2 fully saturated rings. The van der Waals surface area contributed by atoms with Crippen LogP contribution in [0.5, 0.6) is 0 Å². The number of oxime groups is 1. The first kappa shape index (κ1) is 11.4. The maximum Gasteiger partial charge on any atom is 0.307 e. The van der Waals surface area contributed by atoms with Gasteiger partial charge < -0.3 is 9.94 Å². The van der Waals surface area contributed by atoms with Crippen LogP contribution in [-0.2, 0) is 9.63 Å². The van der Waals surface area contributed by atoms with E-state index in [2.05, 4.69) is 5.16 Å². The van der Waals surface area contributed by atoms with Gasteiger partial charge in [0, 0.05) is 12.1 Å². The van der Waals surface area contributed by atoms with Crippen molar-refractivity contribution in [2.75, 3.05) is 0 Å². The molecule has 4 heteroatoms. The summed E-state index contributed by atoms with van der Waals surface area (Å²) in [4.78, 5) is 16.3. The molecule has 2 rings (SSSR count). The van der Waals surface area contributed by atoms with Crippen molar-refractivity contribution in [3.63, 3.8) is 0 Å². The van der Waals surface area contributed by atoms with Crippen LogP contribution in [0.4, 0.5) is 0 Å². The van der Waals surface area contributed by atoms with Crippen molar-refractivity contribution >= 4 is 12.2 Å². The summed E-state index contributed by atoms with van der Waals surface area (Å²) in [5.74, 6) is -1.02. The van der Waals surface area contributed by atoms with Gasteiger partial charge in [-0.1, -0.05) is 19.0 Å². The molecule has 4 nitrogen and oxygen atoms in total. The Morgan fingerprint density at radius 1 is 1.44 bits per heavy atom. The molecule has 0 aliphatic heterocycles. The lowest BCUT2D eigenvalue weighted by Gasteiger charge is -2.05. The molecular formula is C12H19NO3. The molecule has 1 N–H and O–H groups in total. The maximum atomic E-state index is 10.9. The highest BCUT2D eigenvalue weighted by molar-refractivity contribution is 5.84. The zero-order valence-corrected chi connectivity index (χ0v) is 9.85. The van der Waals surface area contributed by atoms with Crippen LogP contribution < -0.4 is 0 Å². The Balaban J connectivity index is 1.81. The van der Waals surface area contributed by atoms with Gasteiger partial charge in [0.2, 0.25) is 0 Å². The number of rotatable bonds is 4. The van der Waals surface area contributed by atoms with E-state index in [0.29, 0.717) is 0 Å². The fraction of sp³-hybridized carbons (Fsp3) is 0.833.